The third-order valence-electron chi connectivity index (χ3n) is 2.01. The van der Waals surface area contributed by atoms with Crippen LogP contribution in [0.25, 0.3) is 0 Å². The highest BCUT2D eigenvalue weighted by atomic mass is 127. The predicted octanol–water partition coefficient (Wildman–Crippen LogP) is 2.42. The topological polar surface area (TPSA) is 27.1 Å². The highest BCUT2D eigenvalue weighted by molar-refractivity contribution is 14.1. The smallest absolute Gasteiger partial charge is 0.142 e. The first-order valence-electron chi connectivity index (χ1n) is 4.63. The SMILES string of the molecule is Cc1ccc(COn2cc(I)cn2)cc1. The zero-order valence-electron chi connectivity index (χ0n) is 8.35. The number of rotatable bonds is 3. The van der Waals surface area contributed by atoms with Crippen molar-refractivity contribution in [3.8, 4) is 0 Å². The lowest BCUT2D eigenvalue weighted by atomic mass is 10.2. The molecule has 4 heteroatoms. The molecule has 0 atom stereocenters. The normalized spacial score (nSPS) is 10.3. The number of benzene rings is 1. The third-order valence-corrected chi connectivity index (χ3v) is 2.57. The van der Waals surface area contributed by atoms with Crippen LogP contribution in [0.4, 0.5) is 0 Å². The Balaban J connectivity index is 1.96. The van der Waals surface area contributed by atoms with Crippen LogP contribution in [0.3, 0.4) is 0 Å². The van der Waals surface area contributed by atoms with E-state index in [2.05, 4.69) is 58.9 Å². The molecule has 15 heavy (non-hydrogen) atoms. The average molecular weight is 314 g/mol. The molecule has 0 aliphatic rings. The quantitative estimate of drug-likeness (QED) is 0.814. The van der Waals surface area contributed by atoms with Crippen molar-refractivity contribution in [3.05, 3.63) is 51.4 Å². The molecule has 0 amide bonds. The van der Waals surface area contributed by atoms with Crippen molar-refractivity contribution >= 4 is 22.6 Å². The van der Waals surface area contributed by atoms with Crippen LogP contribution in [0.5, 0.6) is 0 Å². The standard InChI is InChI=1S/C11H11IN2O/c1-9-2-4-10(5-3-9)8-15-14-7-11(12)6-13-14/h2-7H,8H2,1H3. The molecular formula is C11H11IN2O. The Kier molecular flexibility index (Phi) is 3.25. The van der Waals surface area contributed by atoms with Crippen LogP contribution in [0, 0.1) is 10.5 Å². The fourth-order valence-electron chi connectivity index (χ4n) is 1.18. The van der Waals surface area contributed by atoms with E-state index < -0.39 is 0 Å². The minimum absolute atomic E-state index is 0.540. The molecule has 2 rings (SSSR count). The summed E-state index contributed by atoms with van der Waals surface area (Å²) in [6.07, 6.45) is 3.60. The molecule has 0 unspecified atom stereocenters. The van der Waals surface area contributed by atoms with Gasteiger partial charge in [0.2, 0.25) is 0 Å². The summed E-state index contributed by atoms with van der Waals surface area (Å²) in [5.41, 5.74) is 2.40. The number of halogens is 1. The van der Waals surface area contributed by atoms with Crippen molar-refractivity contribution in [2.24, 2.45) is 0 Å². The van der Waals surface area contributed by atoms with E-state index in [0.717, 1.165) is 9.13 Å². The van der Waals surface area contributed by atoms with Gasteiger partial charge in [-0.05, 0) is 35.1 Å². The summed E-state index contributed by atoms with van der Waals surface area (Å²) in [5, 5.41) is 4.04. The Bertz CT molecular complexity index is 436. The summed E-state index contributed by atoms with van der Waals surface area (Å²) in [5.74, 6) is 0. The Hall–Kier alpha value is -1.04. The van der Waals surface area contributed by atoms with Crippen molar-refractivity contribution in [2.75, 3.05) is 0 Å². The molecule has 3 nitrogen and oxygen atoms in total. The lowest BCUT2D eigenvalue weighted by Crippen LogP contribution is -2.11. The fraction of sp³-hybridized carbons (Fsp3) is 0.182. The molecule has 0 bridgehead atoms. The van der Waals surface area contributed by atoms with Gasteiger partial charge in [-0.25, -0.2) is 0 Å². The molecule has 78 valence electrons. The van der Waals surface area contributed by atoms with Gasteiger partial charge in [0, 0.05) is 0 Å². The van der Waals surface area contributed by atoms with Gasteiger partial charge >= 0.3 is 0 Å². The molecule has 1 heterocycles. The molecule has 0 N–H and O–H groups in total. The van der Waals surface area contributed by atoms with Crippen LogP contribution in [-0.2, 0) is 6.61 Å². The van der Waals surface area contributed by atoms with E-state index in [9.17, 15) is 0 Å². The molecule has 2 aromatic rings. The molecule has 0 radical (unpaired) electrons. The van der Waals surface area contributed by atoms with Crippen molar-refractivity contribution in [3.63, 3.8) is 0 Å². The van der Waals surface area contributed by atoms with Gasteiger partial charge in [0.05, 0.1) is 16.0 Å². The predicted molar refractivity (Wildman–Crippen MR) is 66.4 cm³/mol. The maximum atomic E-state index is 5.45. The van der Waals surface area contributed by atoms with Crippen molar-refractivity contribution in [2.45, 2.75) is 13.5 Å². The summed E-state index contributed by atoms with van der Waals surface area (Å²) in [7, 11) is 0. The Morgan fingerprint density at radius 2 is 2.07 bits per heavy atom. The van der Waals surface area contributed by atoms with E-state index in [-0.39, 0.29) is 0 Å². The average Bonchev–Trinajstić information content (AvgIpc) is 2.64. The first-order valence-corrected chi connectivity index (χ1v) is 5.71. The van der Waals surface area contributed by atoms with Gasteiger partial charge in [-0.2, -0.15) is 0 Å². The summed E-state index contributed by atoms with van der Waals surface area (Å²) >= 11 is 2.20. The molecule has 1 aromatic carbocycles. The second-order valence-electron chi connectivity index (χ2n) is 3.32. The van der Waals surface area contributed by atoms with E-state index in [1.807, 2.05) is 6.20 Å². The van der Waals surface area contributed by atoms with Crippen molar-refractivity contribution < 1.29 is 4.84 Å². The minimum atomic E-state index is 0.540. The van der Waals surface area contributed by atoms with Gasteiger partial charge in [-0.15, -0.1) is 9.94 Å². The van der Waals surface area contributed by atoms with E-state index in [4.69, 9.17) is 4.84 Å². The summed E-state index contributed by atoms with van der Waals surface area (Å²) in [6.45, 7) is 2.61. The van der Waals surface area contributed by atoms with Crippen LogP contribution >= 0.6 is 22.6 Å². The van der Waals surface area contributed by atoms with Crippen molar-refractivity contribution in [1.82, 2.24) is 9.94 Å². The maximum absolute atomic E-state index is 5.45. The molecule has 0 saturated carbocycles. The monoisotopic (exact) mass is 314 g/mol. The summed E-state index contributed by atoms with van der Waals surface area (Å²) < 4.78 is 1.07. The summed E-state index contributed by atoms with van der Waals surface area (Å²) in [4.78, 5) is 6.94. The molecular weight excluding hydrogens is 303 g/mol. The zero-order chi connectivity index (χ0) is 10.7. The summed E-state index contributed by atoms with van der Waals surface area (Å²) in [6, 6.07) is 8.27. The van der Waals surface area contributed by atoms with Crippen LogP contribution < -0.4 is 4.84 Å². The van der Waals surface area contributed by atoms with Gasteiger partial charge in [0.25, 0.3) is 0 Å². The van der Waals surface area contributed by atoms with Gasteiger partial charge in [0.1, 0.15) is 6.61 Å². The molecule has 0 fully saturated rings. The van der Waals surface area contributed by atoms with E-state index in [1.54, 1.807) is 6.20 Å². The number of aryl methyl sites for hydroxylation is 1. The number of aromatic nitrogens is 2. The molecule has 0 aliphatic heterocycles. The minimum Gasteiger partial charge on any atom is -0.392 e. The highest BCUT2D eigenvalue weighted by Crippen LogP contribution is 2.04. The Labute approximate surface area is 102 Å². The Morgan fingerprint density at radius 3 is 2.67 bits per heavy atom. The van der Waals surface area contributed by atoms with E-state index >= 15 is 0 Å². The van der Waals surface area contributed by atoms with E-state index in [1.165, 1.54) is 10.4 Å². The first-order chi connectivity index (χ1) is 7.24. The van der Waals surface area contributed by atoms with E-state index in [0.29, 0.717) is 6.61 Å². The van der Waals surface area contributed by atoms with Crippen molar-refractivity contribution in [1.29, 1.82) is 0 Å². The first kappa shape index (κ1) is 10.5. The van der Waals surface area contributed by atoms with Gasteiger partial charge in [-0.3, -0.25) is 0 Å². The molecule has 1 aromatic heterocycles. The van der Waals surface area contributed by atoms with Gasteiger partial charge in [0.15, 0.2) is 0 Å². The lowest BCUT2D eigenvalue weighted by molar-refractivity contribution is 0.0699. The van der Waals surface area contributed by atoms with Crippen LogP contribution in [0.2, 0.25) is 0 Å². The highest BCUT2D eigenvalue weighted by Gasteiger charge is 1.96. The third kappa shape index (κ3) is 2.95. The van der Waals surface area contributed by atoms with Crippen LogP contribution in [-0.4, -0.2) is 9.94 Å². The molecule has 0 spiro atoms. The second-order valence-corrected chi connectivity index (χ2v) is 4.57. The van der Waals surface area contributed by atoms with Crippen LogP contribution in [0.15, 0.2) is 36.7 Å². The largest absolute Gasteiger partial charge is 0.392 e. The fourth-order valence-corrected chi connectivity index (χ4v) is 1.54. The molecule has 0 saturated heterocycles. The zero-order valence-corrected chi connectivity index (χ0v) is 10.5. The lowest BCUT2D eigenvalue weighted by Gasteiger charge is -2.04. The number of nitrogens with zero attached hydrogens (tertiary/aromatic N) is 2. The second kappa shape index (κ2) is 4.65. The Morgan fingerprint density at radius 1 is 1.33 bits per heavy atom. The number of hydrogen-bond donors (Lipinski definition) is 0. The maximum Gasteiger partial charge on any atom is 0.142 e. The number of hydrogen-bond acceptors (Lipinski definition) is 2. The van der Waals surface area contributed by atoms with Gasteiger partial charge < -0.3 is 4.84 Å². The van der Waals surface area contributed by atoms with Gasteiger partial charge in [-0.1, -0.05) is 29.8 Å². The van der Waals surface area contributed by atoms with Crippen LogP contribution in [0.1, 0.15) is 11.1 Å². The molecule has 0 aliphatic carbocycles.